The monoisotopic (exact) mass is 273 g/mol. The Morgan fingerprint density at radius 3 is 2.70 bits per heavy atom. The Morgan fingerprint density at radius 1 is 1.25 bits per heavy atom. The number of rotatable bonds is 6. The summed E-state index contributed by atoms with van der Waals surface area (Å²) in [6.07, 6.45) is 7.89. The Hall–Kier alpha value is -1.61. The minimum absolute atomic E-state index is 0.0214. The number of nitrogens with one attached hydrogen (secondary N) is 1. The number of aliphatic hydroxyl groups excluding tert-OH is 1. The third kappa shape index (κ3) is 4.82. The highest BCUT2D eigenvalue weighted by atomic mass is 16.3. The molecule has 3 nitrogen and oxygen atoms in total. The average Bonchev–Trinajstić information content (AvgIpc) is 2.48. The lowest BCUT2D eigenvalue weighted by Crippen LogP contribution is -2.39. The Labute approximate surface area is 120 Å². The van der Waals surface area contributed by atoms with E-state index >= 15 is 0 Å². The second kappa shape index (κ2) is 7.85. The van der Waals surface area contributed by atoms with Crippen LogP contribution in [0.3, 0.4) is 0 Å². The third-order valence-corrected chi connectivity index (χ3v) is 3.68. The van der Waals surface area contributed by atoms with Gasteiger partial charge in [-0.2, -0.15) is 0 Å². The maximum Gasteiger partial charge on any atom is 0.224 e. The van der Waals surface area contributed by atoms with E-state index in [-0.39, 0.29) is 18.6 Å². The first kappa shape index (κ1) is 14.8. The van der Waals surface area contributed by atoms with E-state index in [2.05, 4.69) is 11.4 Å². The van der Waals surface area contributed by atoms with Crippen LogP contribution in [0.25, 0.3) is 0 Å². The van der Waals surface area contributed by atoms with E-state index in [4.69, 9.17) is 0 Å². The van der Waals surface area contributed by atoms with Crippen molar-refractivity contribution in [3.63, 3.8) is 0 Å². The molecule has 20 heavy (non-hydrogen) atoms. The van der Waals surface area contributed by atoms with E-state index in [1.807, 2.05) is 30.3 Å². The molecule has 108 valence electrons. The number of carbonyl (C=O) groups is 1. The number of amides is 1. The van der Waals surface area contributed by atoms with Gasteiger partial charge in [0.05, 0.1) is 12.6 Å². The molecular formula is C17H23NO2. The molecule has 2 rings (SSSR count). The predicted molar refractivity (Wildman–Crippen MR) is 80.3 cm³/mol. The van der Waals surface area contributed by atoms with Crippen LogP contribution in [0, 0.1) is 0 Å². The highest BCUT2D eigenvalue weighted by Crippen LogP contribution is 2.19. The summed E-state index contributed by atoms with van der Waals surface area (Å²) >= 11 is 0. The fourth-order valence-electron chi connectivity index (χ4n) is 2.61. The molecule has 0 fully saturated rings. The molecule has 1 aromatic carbocycles. The molecule has 0 saturated carbocycles. The molecule has 0 bridgehead atoms. The molecule has 1 aliphatic rings. The van der Waals surface area contributed by atoms with Crippen molar-refractivity contribution in [1.29, 1.82) is 0 Å². The third-order valence-electron chi connectivity index (χ3n) is 3.68. The van der Waals surface area contributed by atoms with Gasteiger partial charge in [-0.05, 0) is 37.7 Å². The zero-order chi connectivity index (χ0) is 14.2. The van der Waals surface area contributed by atoms with Gasteiger partial charge in [0.25, 0.3) is 0 Å². The van der Waals surface area contributed by atoms with E-state index < -0.39 is 0 Å². The Balaban J connectivity index is 1.83. The molecule has 1 aromatic rings. The Bertz CT molecular complexity index is 453. The maximum absolute atomic E-state index is 12.0. The molecule has 0 unspecified atom stereocenters. The highest BCUT2D eigenvalue weighted by molar-refractivity contribution is 5.78. The fourth-order valence-corrected chi connectivity index (χ4v) is 2.61. The molecule has 1 amide bonds. The van der Waals surface area contributed by atoms with E-state index in [1.54, 1.807) is 0 Å². The molecule has 2 N–H and O–H groups in total. The van der Waals surface area contributed by atoms with Gasteiger partial charge in [0.15, 0.2) is 0 Å². The first-order chi connectivity index (χ1) is 9.78. The molecule has 0 spiro atoms. The predicted octanol–water partition coefficient (Wildman–Crippen LogP) is 2.60. The first-order valence-corrected chi connectivity index (χ1v) is 7.40. The topological polar surface area (TPSA) is 49.3 Å². The van der Waals surface area contributed by atoms with Gasteiger partial charge in [-0.3, -0.25) is 4.79 Å². The van der Waals surface area contributed by atoms with Gasteiger partial charge in [-0.25, -0.2) is 0 Å². The lowest BCUT2D eigenvalue weighted by molar-refractivity contribution is -0.121. The van der Waals surface area contributed by atoms with E-state index in [0.717, 1.165) is 18.4 Å². The lowest BCUT2D eigenvalue weighted by atomic mass is 9.97. The molecule has 0 radical (unpaired) electrons. The standard InChI is InChI=1S/C17H23NO2/c19-13-16(11-14-7-3-1-4-8-14)18-17(20)12-15-9-5-2-6-10-15/h1,3-4,7-9,16,19H,2,5-6,10-13H2,(H,18,20)/t16-/m0/s1. The number of hydrogen-bond acceptors (Lipinski definition) is 2. The second-order valence-electron chi connectivity index (χ2n) is 5.42. The van der Waals surface area contributed by atoms with Gasteiger partial charge in [0.2, 0.25) is 5.91 Å². The van der Waals surface area contributed by atoms with Crippen molar-refractivity contribution in [1.82, 2.24) is 5.32 Å². The van der Waals surface area contributed by atoms with Crippen LogP contribution in [0.1, 0.15) is 37.7 Å². The largest absolute Gasteiger partial charge is 0.394 e. The molecule has 0 saturated heterocycles. The summed E-state index contributed by atoms with van der Waals surface area (Å²) in [4.78, 5) is 12.0. The van der Waals surface area contributed by atoms with Crippen LogP contribution < -0.4 is 5.32 Å². The number of hydrogen-bond donors (Lipinski definition) is 2. The molecule has 0 heterocycles. The number of allylic oxidation sites excluding steroid dienone is 1. The summed E-state index contributed by atoms with van der Waals surface area (Å²) in [6, 6.07) is 9.73. The quantitative estimate of drug-likeness (QED) is 0.783. The number of aliphatic hydroxyl groups is 1. The van der Waals surface area contributed by atoms with Crippen LogP contribution in [0.15, 0.2) is 42.0 Å². The fraction of sp³-hybridized carbons (Fsp3) is 0.471. The van der Waals surface area contributed by atoms with Crippen molar-refractivity contribution in [2.24, 2.45) is 0 Å². The van der Waals surface area contributed by atoms with E-state index in [0.29, 0.717) is 12.8 Å². The summed E-state index contributed by atoms with van der Waals surface area (Å²) in [6.45, 7) is -0.0281. The Kier molecular flexibility index (Phi) is 5.81. The van der Waals surface area contributed by atoms with Gasteiger partial charge >= 0.3 is 0 Å². The summed E-state index contributed by atoms with van der Waals surface area (Å²) in [7, 11) is 0. The van der Waals surface area contributed by atoms with Gasteiger partial charge in [0.1, 0.15) is 0 Å². The number of carbonyl (C=O) groups excluding carboxylic acids is 1. The summed E-state index contributed by atoms with van der Waals surface area (Å²) < 4.78 is 0. The summed E-state index contributed by atoms with van der Waals surface area (Å²) in [5, 5.41) is 12.3. The minimum Gasteiger partial charge on any atom is -0.394 e. The minimum atomic E-state index is -0.200. The molecular weight excluding hydrogens is 250 g/mol. The van der Waals surface area contributed by atoms with Crippen molar-refractivity contribution in [2.45, 2.75) is 44.6 Å². The van der Waals surface area contributed by atoms with Crippen LogP contribution in [-0.2, 0) is 11.2 Å². The Morgan fingerprint density at radius 2 is 2.05 bits per heavy atom. The second-order valence-corrected chi connectivity index (χ2v) is 5.42. The smallest absolute Gasteiger partial charge is 0.224 e. The molecule has 0 aliphatic heterocycles. The van der Waals surface area contributed by atoms with Crippen molar-refractivity contribution < 1.29 is 9.90 Å². The van der Waals surface area contributed by atoms with Crippen LogP contribution in [0.5, 0.6) is 0 Å². The van der Waals surface area contributed by atoms with Gasteiger partial charge in [-0.15, -0.1) is 0 Å². The first-order valence-electron chi connectivity index (χ1n) is 7.40. The van der Waals surface area contributed by atoms with Crippen molar-refractivity contribution in [2.75, 3.05) is 6.61 Å². The summed E-state index contributed by atoms with van der Waals surface area (Å²) in [5.41, 5.74) is 2.37. The van der Waals surface area contributed by atoms with E-state index in [9.17, 15) is 9.90 Å². The lowest BCUT2D eigenvalue weighted by Gasteiger charge is -2.18. The zero-order valence-corrected chi connectivity index (χ0v) is 11.8. The molecule has 1 aliphatic carbocycles. The molecule has 3 heteroatoms. The van der Waals surface area contributed by atoms with Crippen LogP contribution >= 0.6 is 0 Å². The number of benzene rings is 1. The zero-order valence-electron chi connectivity index (χ0n) is 11.8. The van der Waals surface area contributed by atoms with Gasteiger partial charge < -0.3 is 10.4 Å². The van der Waals surface area contributed by atoms with Crippen LogP contribution in [0.2, 0.25) is 0 Å². The highest BCUT2D eigenvalue weighted by Gasteiger charge is 2.14. The van der Waals surface area contributed by atoms with Crippen LogP contribution in [0.4, 0.5) is 0 Å². The van der Waals surface area contributed by atoms with Crippen molar-refractivity contribution in [3.05, 3.63) is 47.5 Å². The van der Waals surface area contributed by atoms with Crippen molar-refractivity contribution >= 4 is 5.91 Å². The summed E-state index contributed by atoms with van der Waals surface area (Å²) in [5.74, 6) is 0.0214. The van der Waals surface area contributed by atoms with Gasteiger partial charge in [0, 0.05) is 6.42 Å². The SMILES string of the molecule is O=C(CC1=CCCCC1)N[C@H](CO)Cc1ccccc1. The average molecular weight is 273 g/mol. The molecule has 0 aromatic heterocycles. The molecule has 1 atom stereocenters. The van der Waals surface area contributed by atoms with Crippen LogP contribution in [-0.4, -0.2) is 23.7 Å². The maximum atomic E-state index is 12.0. The van der Waals surface area contributed by atoms with Gasteiger partial charge in [-0.1, -0.05) is 42.0 Å². The van der Waals surface area contributed by atoms with E-state index in [1.165, 1.54) is 18.4 Å². The van der Waals surface area contributed by atoms with Crippen molar-refractivity contribution in [3.8, 4) is 0 Å². The normalized spacial score (nSPS) is 16.4.